The molecule has 0 bridgehead atoms. The minimum Gasteiger partial charge on any atom is -0.406 e. The molecule has 2 aliphatic rings. The zero-order chi connectivity index (χ0) is 24.7. The molecular weight excluding hydrogens is 524 g/mol. The number of aromatic nitrogens is 3. The summed E-state index contributed by atoms with van der Waals surface area (Å²) in [6.45, 7) is 2.04. The van der Waals surface area contributed by atoms with Crippen molar-refractivity contribution in [2.24, 2.45) is 5.10 Å². The molecule has 35 heavy (non-hydrogen) atoms. The molecular formula is C22H19Cl2F3N6OS. The number of halogens is 5. The number of thioether (sulfide) groups is 1. The summed E-state index contributed by atoms with van der Waals surface area (Å²) in [4.78, 5) is 0. The molecule has 5 rings (SSSR count). The molecule has 3 unspecified atom stereocenters. The fourth-order valence-corrected chi connectivity index (χ4v) is 5.28. The first-order valence-corrected chi connectivity index (χ1v) is 12.3. The molecule has 13 heteroatoms. The Morgan fingerprint density at radius 3 is 2.57 bits per heavy atom. The Kier molecular flexibility index (Phi) is 6.71. The lowest BCUT2D eigenvalue weighted by Crippen LogP contribution is -2.32. The minimum absolute atomic E-state index is 0.0380. The van der Waals surface area contributed by atoms with Crippen LogP contribution in [0.2, 0.25) is 10.0 Å². The fourth-order valence-electron chi connectivity index (χ4n) is 4.05. The highest BCUT2D eigenvalue weighted by molar-refractivity contribution is 8.00. The van der Waals surface area contributed by atoms with Crippen molar-refractivity contribution in [2.75, 3.05) is 0 Å². The Hall–Kier alpha value is -2.31. The Morgan fingerprint density at radius 2 is 1.86 bits per heavy atom. The Bertz CT molecular complexity index is 1270. The quantitative estimate of drug-likeness (QED) is 0.450. The molecule has 0 spiro atoms. The molecule has 0 saturated carbocycles. The third-order valence-electron chi connectivity index (χ3n) is 5.66. The molecule has 3 heterocycles. The Labute approximate surface area is 213 Å². The van der Waals surface area contributed by atoms with Crippen molar-refractivity contribution in [2.45, 2.75) is 48.6 Å². The number of hydrazine groups is 1. The van der Waals surface area contributed by atoms with E-state index in [9.17, 15) is 13.2 Å². The van der Waals surface area contributed by atoms with Gasteiger partial charge in [0.1, 0.15) is 5.75 Å². The van der Waals surface area contributed by atoms with Gasteiger partial charge in [0.15, 0.2) is 5.82 Å². The van der Waals surface area contributed by atoms with Crippen LogP contribution in [0.1, 0.15) is 36.3 Å². The van der Waals surface area contributed by atoms with Crippen LogP contribution < -0.4 is 15.6 Å². The molecule has 2 aliphatic heterocycles. The van der Waals surface area contributed by atoms with Crippen molar-refractivity contribution in [3.8, 4) is 5.75 Å². The summed E-state index contributed by atoms with van der Waals surface area (Å²) in [5.74, 6) is 0.426. The zero-order valence-corrected chi connectivity index (χ0v) is 20.5. The predicted octanol–water partition coefficient (Wildman–Crippen LogP) is 5.38. The smallest absolute Gasteiger partial charge is 0.406 e. The van der Waals surface area contributed by atoms with E-state index in [1.807, 2.05) is 13.0 Å². The van der Waals surface area contributed by atoms with Gasteiger partial charge in [0.05, 0.1) is 27.0 Å². The van der Waals surface area contributed by atoms with E-state index >= 15 is 0 Å². The average Bonchev–Trinajstić information content (AvgIpc) is 3.42. The highest BCUT2D eigenvalue weighted by Crippen LogP contribution is 2.34. The second-order valence-corrected chi connectivity index (χ2v) is 10.3. The van der Waals surface area contributed by atoms with E-state index in [1.54, 1.807) is 40.7 Å². The first-order chi connectivity index (χ1) is 16.7. The van der Waals surface area contributed by atoms with Gasteiger partial charge in [-0.15, -0.1) is 23.4 Å². The van der Waals surface area contributed by atoms with Crippen molar-refractivity contribution < 1.29 is 17.9 Å². The number of alkyl halides is 3. The number of hydrogen-bond donors (Lipinski definition) is 2. The van der Waals surface area contributed by atoms with E-state index in [4.69, 9.17) is 28.3 Å². The molecule has 1 aromatic heterocycles. The summed E-state index contributed by atoms with van der Waals surface area (Å²) in [6, 6.07) is 11.2. The molecule has 3 aromatic rings. The molecule has 184 valence electrons. The topological polar surface area (TPSA) is 76.4 Å². The highest BCUT2D eigenvalue weighted by atomic mass is 35.5. The second-order valence-electron chi connectivity index (χ2n) is 8.20. The van der Waals surface area contributed by atoms with E-state index in [1.165, 1.54) is 12.1 Å². The van der Waals surface area contributed by atoms with Crippen molar-refractivity contribution in [1.82, 2.24) is 25.7 Å². The van der Waals surface area contributed by atoms with E-state index in [0.717, 1.165) is 16.8 Å². The summed E-state index contributed by atoms with van der Waals surface area (Å²) < 4.78 is 42.8. The summed E-state index contributed by atoms with van der Waals surface area (Å²) >= 11 is 13.8. The van der Waals surface area contributed by atoms with Gasteiger partial charge in [0.2, 0.25) is 5.16 Å². The molecule has 0 aliphatic carbocycles. The maximum atomic E-state index is 12.4. The van der Waals surface area contributed by atoms with Crippen LogP contribution in [0.5, 0.6) is 5.75 Å². The van der Waals surface area contributed by atoms with Crippen LogP contribution in [0.3, 0.4) is 0 Å². The lowest BCUT2D eigenvalue weighted by Gasteiger charge is -2.21. The monoisotopic (exact) mass is 542 g/mol. The number of nitrogens with one attached hydrogen (secondary N) is 2. The van der Waals surface area contributed by atoms with Gasteiger partial charge in [-0.25, -0.2) is 5.43 Å². The number of benzene rings is 2. The van der Waals surface area contributed by atoms with Crippen molar-refractivity contribution in [1.29, 1.82) is 0 Å². The molecule has 7 nitrogen and oxygen atoms in total. The summed E-state index contributed by atoms with van der Waals surface area (Å²) in [7, 11) is 0. The Balaban J connectivity index is 1.30. The third-order valence-corrected chi connectivity index (χ3v) is 7.44. The average molecular weight is 543 g/mol. The van der Waals surface area contributed by atoms with Gasteiger partial charge in [0.25, 0.3) is 0 Å². The maximum absolute atomic E-state index is 12.4. The second kappa shape index (κ2) is 9.62. The van der Waals surface area contributed by atoms with E-state index in [-0.39, 0.29) is 23.1 Å². The fraction of sp³-hybridized carbons (Fsp3) is 0.318. The van der Waals surface area contributed by atoms with Gasteiger partial charge >= 0.3 is 6.36 Å². The first kappa shape index (κ1) is 24.4. The van der Waals surface area contributed by atoms with Crippen LogP contribution in [0.4, 0.5) is 13.2 Å². The van der Waals surface area contributed by atoms with Gasteiger partial charge < -0.3 is 4.74 Å². The first-order valence-electron chi connectivity index (χ1n) is 10.7. The molecule has 2 aromatic carbocycles. The van der Waals surface area contributed by atoms with Gasteiger partial charge in [-0.3, -0.25) is 5.43 Å². The summed E-state index contributed by atoms with van der Waals surface area (Å²) in [5, 5.41) is 15.2. The van der Waals surface area contributed by atoms with Crippen molar-refractivity contribution in [3.63, 3.8) is 0 Å². The minimum atomic E-state index is -4.71. The van der Waals surface area contributed by atoms with Crippen LogP contribution in [-0.2, 0) is 6.42 Å². The van der Waals surface area contributed by atoms with Gasteiger partial charge in [0, 0.05) is 11.6 Å². The largest absolute Gasteiger partial charge is 0.573 e. The van der Waals surface area contributed by atoms with Crippen LogP contribution in [0, 0.1) is 0 Å². The number of rotatable bonds is 5. The molecule has 2 N–H and O–H groups in total. The number of hydrogen-bond acceptors (Lipinski definition) is 7. The van der Waals surface area contributed by atoms with Gasteiger partial charge in [-0.1, -0.05) is 53.2 Å². The third kappa shape index (κ3) is 5.44. The standard InChI is InChI=1S/C22H19Cl2F3N6OS/c1-11-19(13-4-7-16(23)17(24)9-13)32-33-20(30-31-21(33)35-11)18-10-14(28-29-18)8-12-2-5-15(6-3-12)34-22(25,26)27/h2-7,9,11,14,18,28-29H,8,10H2,1H3. The molecule has 3 atom stereocenters. The van der Waals surface area contributed by atoms with Gasteiger partial charge in [-0.05, 0) is 49.6 Å². The summed E-state index contributed by atoms with van der Waals surface area (Å²) in [5.41, 5.74) is 9.07. The van der Waals surface area contributed by atoms with Crippen molar-refractivity contribution >= 4 is 40.7 Å². The Morgan fingerprint density at radius 1 is 1.09 bits per heavy atom. The molecule has 0 amide bonds. The van der Waals surface area contributed by atoms with Crippen molar-refractivity contribution in [3.05, 3.63) is 69.5 Å². The number of nitrogens with zero attached hydrogens (tertiary/aromatic N) is 4. The van der Waals surface area contributed by atoms with E-state index < -0.39 is 6.36 Å². The van der Waals surface area contributed by atoms with E-state index in [0.29, 0.717) is 33.9 Å². The number of ether oxygens (including phenoxy) is 1. The SMILES string of the molecule is CC1Sc2nnc(C3CC(Cc4ccc(OC(F)(F)F)cc4)NN3)n2N=C1c1ccc(Cl)c(Cl)c1. The zero-order valence-electron chi connectivity index (χ0n) is 18.2. The van der Waals surface area contributed by atoms with Crippen LogP contribution in [0.25, 0.3) is 0 Å². The van der Waals surface area contributed by atoms with Crippen LogP contribution in [-0.4, -0.2) is 38.2 Å². The lowest BCUT2D eigenvalue weighted by atomic mass is 10.0. The molecule has 0 radical (unpaired) electrons. The highest BCUT2D eigenvalue weighted by Gasteiger charge is 2.34. The normalized spacial score (nSPS) is 22.1. The maximum Gasteiger partial charge on any atom is 0.573 e. The summed E-state index contributed by atoms with van der Waals surface area (Å²) in [6.07, 6.45) is -3.40. The molecule has 1 saturated heterocycles. The predicted molar refractivity (Wildman–Crippen MR) is 128 cm³/mol. The number of fused-ring (bicyclic) bond motifs is 1. The molecule has 1 fully saturated rings. The van der Waals surface area contributed by atoms with Gasteiger partial charge in [-0.2, -0.15) is 9.78 Å². The van der Waals surface area contributed by atoms with Crippen LogP contribution in [0.15, 0.2) is 52.7 Å². The van der Waals surface area contributed by atoms with E-state index in [2.05, 4.69) is 25.8 Å². The lowest BCUT2D eigenvalue weighted by molar-refractivity contribution is -0.274. The van der Waals surface area contributed by atoms with Crippen LogP contribution >= 0.6 is 35.0 Å².